The SMILES string of the molecule is COc1ccc(N(Cc2ccc(C(C)C)cc2)C(=O)C2CCN(C(=O)c3ccco3)CC2)cc1. The van der Waals surface area contributed by atoms with Gasteiger partial charge in [0.2, 0.25) is 5.91 Å². The second-order valence-corrected chi connectivity index (χ2v) is 9.06. The second-order valence-electron chi connectivity index (χ2n) is 9.06. The van der Waals surface area contributed by atoms with Crippen molar-refractivity contribution in [2.75, 3.05) is 25.1 Å². The molecular weight excluding hydrogens is 428 g/mol. The first-order valence-electron chi connectivity index (χ1n) is 11.8. The van der Waals surface area contributed by atoms with Crippen LogP contribution in [0.25, 0.3) is 0 Å². The Hall–Kier alpha value is -3.54. The molecule has 1 aliphatic rings. The highest BCUT2D eigenvalue weighted by Crippen LogP contribution is 2.28. The minimum absolute atomic E-state index is 0.0863. The molecule has 178 valence electrons. The maximum atomic E-state index is 13.7. The molecule has 4 rings (SSSR count). The molecular formula is C28H32N2O4. The van der Waals surface area contributed by atoms with E-state index >= 15 is 0 Å². The van der Waals surface area contributed by atoms with Gasteiger partial charge in [-0.2, -0.15) is 0 Å². The Kier molecular flexibility index (Phi) is 7.36. The summed E-state index contributed by atoms with van der Waals surface area (Å²) in [4.78, 5) is 29.9. The normalized spacial score (nSPS) is 14.3. The van der Waals surface area contributed by atoms with Gasteiger partial charge >= 0.3 is 0 Å². The van der Waals surface area contributed by atoms with Crippen LogP contribution >= 0.6 is 0 Å². The second kappa shape index (κ2) is 10.6. The summed E-state index contributed by atoms with van der Waals surface area (Å²) >= 11 is 0. The van der Waals surface area contributed by atoms with E-state index < -0.39 is 0 Å². The standard InChI is InChI=1S/C28H32N2O4/c1-20(2)22-8-6-21(7-9-22)19-30(24-10-12-25(33-3)13-11-24)27(31)23-14-16-29(17-15-23)28(32)26-5-4-18-34-26/h4-13,18,20,23H,14-17,19H2,1-3H3. The lowest BCUT2D eigenvalue weighted by Gasteiger charge is -2.34. The van der Waals surface area contributed by atoms with E-state index in [1.165, 1.54) is 11.8 Å². The molecule has 0 unspecified atom stereocenters. The Morgan fingerprint density at radius 2 is 1.71 bits per heavy atom. The van der Waals surface area contributed by atoms with Crippen molar-refractivity contribution in [3.8, 4) is 5.75 Å². The third kappa shape index (κ3) is 5.33. The number of benzene rings is 2. The average Bonchev–Trinajstić information content (AvgIpc) is 3.42. The molecule has 34 heavy (non-hydrogen) atoms. The maximum absolute atomic E-state index is 13.7. The summed E-state index contributed by atoms with van der Waals surface area (Å²) in [6, 6.07) is 19.5. The number of hydrogen-bond donors (Lipinski definition) is 0. The molecule has 2 aromatic carbocycles. The molecule has 1 fully saturated rings. The number of nitrogens with zero attached hydrogens (tertiary/aromatic N) is 2. The Balaban J connectivity index is 1.49. The topological polar surface area (TPSA) is 63.0 Å². The van der Waals surface area contributed by atoms with E-state index in [4.69, 9.17) is 9.15 Å². The summed E-state index contributed by atoms with van der Waals surface area (Å²) in [6.45, 7) is 5.91. The molecule has 1 aromatic heterocycles. The van der Waals surface area contributed by atoms with Gasteiger partial charge in [-0.05, 0) is 66.3 Å². The van der Waals surface area contributed by atoms with Gasteiger partial charge in [0.15, 0.2) is 5.76 Å². The molecule has 1 aliphatic heterocycles. The van der Waals surface area contributed by atoms with Gasteiger partial charge in [0.1, 0.15) is 5.75 Å². The molecule has 6 heteroatoms. The zero-order chi connectivity index (χ0) is 24.1. The zero-order valence-electron chi connectivity index (χ0n) is 20.1. The van der Waals surface area contributed by atoms with Crippen LogP contribution in [0.15, 0.2) is 71.3 Å². The highest BCUT2D eigenvalue weighted by molar-refractivity contribution is 5.95. The summed E-state index contributed by atoms with van der Waals surface area (Å²) in [6.07, 6.45) is 2.76. The van der Waals surface area contributed by atoms with Gasteiger partial charge in [0.05, 0.1) is 19.9 Å². The maximum Gasteiger partial charge on any atom is 0.289 e. The lowest BCUT2D eigenvalue weighted by Crippen LogP contribution is -2.44. The van der Waals surface area contributed by atoms with Crippen molar-refractivity contribution in [3.63, 3.8) is 0 Å². The molecule has 2 amide bonds. The molecule has 0 bridgehead atoms. The molecule has 6 nitrogen and oxygen atoms in total. The van der Waals surface area contributed by atoms with Gasteiger partial charge in [-0.15, -0.1) is 0 Å². The first-order chi connectivity index (χ1) is 16.5. The number of rotatable bonds is 7. The van der Waals surface area contributed by atoms with Crippen LogP contribution in [0, 0.1) is 5.92 Å². The van der Waals surface area contributed by atoms with Crippen molar-refractivity contribution >= 4 is 17.5 Å². The summed E-state index contributed by atoms with van der Waals surface area (Å²) in [7, 11) is 1.63. The van der Waals surface area contributed by atoms with Crippen LogP contribution in [0.3, 0.4) is 0 Å². The van der Waals surface area contributed by atoms with Gasteiger partial charge < -0.3 is 19.0 Å². The Morgan fingerprint density at radius 3 is 2.26 bits per heavy atom. The third-order valence-electron chi connectivity index (χ3n) is 6.50. The van der Waals surface area contributed by atoms with Crippen LogP contribution < -0.4 is 9.64 Å². The van der Waals surface area contributed by atoms with Crippen molar-refractivity contribution in [1.29, 1.82) is 0 Å². The number of likely N-dealkylation sites (tertiary alicyclic amines) is 1. The van der Waals surface area contributed by atoms with Crippen molar-refractivity contribution in [1.82, 2.24) is 4.90 Å². The van der Waals surface area contributed by atoms with E-state index in [1.807, 2.05) is 29.2 Å². The van der Waals surface area contributed by atoms with Crippen molar-refractivity contribution in [2.45, 2.75) is 39.2 Å². The summed E-state index contributed by atoms with van der Waals surface area (Å²) in [5.74, 6) is 1.38. The number of hydrogen-bond acceptors (Lipinski definition) is 4. The van der Waals surface area contributed by atoms with E-state index in [9.17, 15) is 9.59 Å². The quantitative estimate of drug-likeness (QED) is 0.467. The van der Waals surface area contributed by atoms with E-state index in [-0.39, 0.29) is 17.7 Å². The van der Waals surface area contributed by atoms with Crippen molar-refractivity contribution in [2.24, 2.45) is 5.92 Å². The highest BCUT2D eigenvalue weighted by atomic mass is 16.5. The fraction of sp³-hybridized carbons (Fsp3) is 0.357. The lowest BCUT2D eigenvalue weighted by molar-refractivity contribution is -0.123. The molecule has 2 heterocycles. The average molecular weight is 461 g/mol. The number of amides is 2. The van der Waals surface area contributed by atoms with Gasteiger partial charge in [0.25, 0.3) is 5.91 Å². The Bertz CT molecular complexity index is 1080. The van der Waals surface area contributed by atoms with Crippen molar-refractivity contribution in [3.05, 3.63) is 83.8 Å². The van der Waals surface area contributed by atoms with Gasteiger partial charge in [-0.3, -0.25) is 9.59 Å². The molecule has 0 N–H and O–H groups in total. The minimum atomic E-state index is -0.141. The first kappa shape index (κ1) is 23.6. The van der Waals surface area contributed by atoms with Crippen LogP contribution in [-0.4, -0.2) is 36.9 Å². The van der Waals surface area contributed by atoms with Crippen molar-refractivity contribution < 1.29 is 18.7 Å². The number of anilines is 1. The molecule has 3 aromatic rings. The van der Waals surface area contributed by atoms with Gasteiger partial charge in [0, 0.05) is 24.7 Å². The largest absolute Gasteiger partial charge is 0.497 e. The summed E-state index contributed by atoms with van der Waals surface area (Å²) < 4.78 is 10.5. The van der Waals surface area contributed by atoms with Gasteiger partial charge in [-0.1, -0.05) is 38.1 Å². The number of piperidine rings is 1. The number of methoxy groups -OCH3 is 1. The Labute approximate surface area is 201 Å². The monoisotopic (exact) mass is 460 g/mol. The number of ether oxygens (including phenoxy) is 1. The fourth-order valence-electron chi connectivity index (χ4n) is 4.36. The number of carbonyl (C=O) groups excluding carboxylic acids is 2. The third-order valence-corrected chi connectivity index (χ3v) is 6.50. The number of carbonyl (C=O) groups is 2. The molecule has 0 aliphatic carbocycles. The van der Waals surface area contributed by atoms with E-state index in [0.717, 1.165) is 17.0 Å². The molecule has 0 radical (unpaired) electrons. The van der Waals surface area contributed by atoms with Crippen LogP contribution in [0.2, 0.25) is 0 Å². The van der Waals surface area contributed by atoms with E-state index in [2.05, 4.69) is 38.1 Å². The van der Waals surface area contributed by atoms with E-state index in [0.29, 0.717) is 44.2 Å². The molecule has 0 spiro atoms. The van der Waals surface area contributed by atoms with Crippen LogP contribution in [0.5, 0.6) is 5.75 Å². The minimum Gasteiger partial charge on any atom is -0.497 e. The lowest BCUT2D eigenvalue weighted by atomic mass is 9.94. The molecule has 0 saturated carbocycles. The molecule has 0 atom stereocenters. The Morgan fingerprint density at radius 1 is 1.03 bits per heavy atom. The van der Waals surface area contributed by atoms with Gasteiger partial charge in [-0.25, -0.2) is 0 Å². The van der Waals surface area contributed by atoms with E-state index in [1.54, 1.807) is 24.1 Å². The predicted octanol–water partition coefficient (Wildman–Crippen LogP) is 5.50. The first-order valence-corrected chi connectivity index (χ1v) is 11.8. The zero-order valence-corrected chi connectivity index (χ0v) is 20.1. The summed E-state index contributed by atoms with van der Waals surface area (Å²) in [5, 5.41) is 0. The van der Waals surface area contributed by atoms with Crippen LogP contribution in [-0.2, 0) is 11.3 Å². The highest BCUT2D eigenvalue weighted by Gasteiger charge is 2.32. The molecule has 1 saturated heterocycles. The summed E-state index contributed by atoms with van der Waals surface area (Å²) in [5.41, 5.74) is 3.20. The van der Waals surface area contributed by atoms with Crippen LogP contribution in [0.4, 0.5) is 5.69 Å². The smallest absolute Gasteiger partial charge is 0.289 e. The predicted molar refractivity (Wildman–Crippen MR) is 132 cm³/mol. The number of furan rings is 1. The fourth-order valence-corrected chi connectivity index (χ4v) is 4.36. The van der Waals surface area contributed by atoms with Crippen LogP contribution in [0.1, 0.15) is 54.3 Å².